The molecule has 1 N–H and O–H groups in total. The molecular weight excluding hydrogens is 483 g/mol. The zero-order valence-corrected chi connectivity index (χ0v) is 17.3. The van der Waals surface area contributed by atoms with Crippen LogP contribution in [0, 0.1) is 17.5 Å². The average molecular weight is 494 g/mol. The summed E-state index contributed by atoms with van der Waals surface area (Å²) in [6.07, 6.45) is 2.88. The highest BCUT2D eigenvalue weighted by Crippen LogP contribution is 2.29. The fourth-order valence-corrected chi connectivity index (χ4v) is 3.95. The summed E-state index contributed by atoms with van der Waals surface area (Å²) in [6, 6.07) is 7.51. The topological polar surface area (TPSA) is 72.7 Å². The van der Waals surface area contributed by atoms with Crippen molar-refractivity contribution in [1.29, 1.82) is 0 Å². The molecule has 30 heavy (non-hydrogen) atoms. The van der Waals surface area contributed by atoms with E-state index in [1.165, 1.54) is 23.1 Å². The number of nitrogens with zero attached hydrogens (tertiary/aromatic N) is 4. The molecule has 1 amide bonds. The van der Waals surface area contributed by atoms with Crippen LogP contribution < -0.4 is 5.32 Å². The van der Waals surface area contributed by atoms with Gasteiger partial charge in [0.05, 0.1) is 28.7 Å². The SMILES string of the molecule is O=C(CSc1ncnc2c1cnn2-c1ccc(F)cc1)Nc1c(F)cc(F)cc1Br. The summed E-state index contributed by atoms with van der Waals surface area (Å²) in [7, 11) is 0. The van der Waals surface area contributed by atoms with Gasteiger partial charge in [0.15, 0.2) is 11.5 Å². The quantitative estimate of drug-likeness (QED) is 0.321. The first-order valence-electron chi connectivity index (χ1n) is 8.44. The first kappa shape index (κ1) is 20.4. The number of rotatable bonds is 5. The van der Waals surface area contributed by atoms with Crippen LogP contribution in [0.3, 0.4) is 0 Å². The predicted molar refractivity (Wildman–Crippen MR) is 110 cm³/mol. The number of halogens is 4. The van der Waals surface area contributed by atoms with Gasteiger partial charge in [0.25, 0.3) is 0 Å². The average Bonchev–Trinajstić information content (AvgIpc) is 3.14. The van der Waals surface area contributed by atoms with Crippen molar-refractivity contribution in [2.45, 2.75) is 5.03 Å². The summed E-state index contributed by atoms with van der Waals surface area (Å²) in [5.41, 5.74) is 0.973. The number of anilines is 1. The van der Waals surface area contributed by atoms with E-state index in [2.05, 4.69) is 36.3 Å². The molecule has 6 nitrogen and oxygen atoms in total. The molecule has 0 saturated heterocycles. The summed E-state index contributed by atoms with van der Waals surface area (Å²) >= 11 is 4.14. The number of nitrogens with one attached hydrogen (secondary N) is 1. The van der Waals surface area contributed by atoms with E-state index < -0.39 is 17.5 Å². The van der Waals surface area contributed by atoms with E-state index >= 15 is 0 Å². The maximum absolute atomic E-state index is 13.9. The summed E-state index contributed by atoms with van der Waals surface area (Å²) in [4.78, 5) is 20.7. The lowest BCUT2D eigenvalue weighted by atomic mass is 10.3. The molecule has 0 saturated carbocycles. The fraction of sp³-hybridized carbons (Fsp3) is 0.0526. The zero-order valence-electron chi connectivity index (χ0n) is 14.9. The van der Waals surface area contributed by atoms with Crippen molar-refractivity contribution in [2.75, 3.05) is 11.1 Å². The second kappa shape index (κ2) is 8.44. The van der Waals surface area contributed by atoms with E-state index in [1.807, 2.05) is 0 Å². The normalized spacial score (nSPS) is 11.1. The lowest BCUT2D eigenvalue weighted by molar-refractivity contribution is -0.113. The molecule has 4 aromatic rings. The van der Waals surface area contributed by atoms with Crippen molar-refractivity contribution < 1.29 is 18.0 Å². The molecule has 0 radical (unpaired) electrons. The molecule has 2 aromatic heterocycles. The Kier molecular flexibility index (Phi) is 5.73. The number of thioether (sulfide) groups is 1. The smallest absolute Gasteiger partial charge is 0.234 e. The molecular formula is C19H11BrF3N5OS. The lowest BCUT2D eigenvalue weighted by Gasteiger charge is -2.09. The van der Waals surface area contributed by atoms with Gasteiger partial charge < -0.3 is 5.32 Å². The molecule has 2 heterocycles. The van der Waals surface area contributed by atoms with E-state index in [1.54, 1.807) is 18.3 Å². The van der Waals surface area contributed by atoms with Crippen LogP contribution in [0.4, 0.5) is 18.9 Å². The Morgan fingerprint density at radius 3 is 2.60 bits per heavy atom. The van der Waals surface area contributed by atoms with Crippen molar-refractivity contribution >= 4 is 50.3 Å². The molecule has 11 heteroatoms. The highest BCUT2D eigenvalue weighted by atomic mass is 79.9. The van der Waals surface area contributed by atoms with Gasteiger partial charge in [-0.1, -0.05) is 11.8 Å². The summed E-state index contributed by atoms with van der Waals surface area (Å²) < 4.78 is 41.9. The standard InChI is InChI=1S/C19H11BrF3N5OS/c20-14-5-11(22)6-15(23)17(14)27-16(29)8-30-19-13-7-26-28(18(13)24-9-25-19)12-3-1-10(21)2-4-12/h1-7,9H,8H2,(H,27,29). The van der Waals surface area contributed by atoms with Gasteiger partial charge in [-0.2, -0.15) is 5.10 Å². The molecule has 0 aliphatic carbocycles. The van der Waals surface area contributed by atoms with Gasteiger partial charge in [0, 0.05) is 10.5 Å². The fourth-order valence-electron chi connectivity index (χ4n) is 2.68. The highest BCUT2D eigenvalue weighted by Gasteiger charge is 2.16. The Morgan fingerprint density at radius 1 is 1.10 bits per heavy atom. The van der Waals surface area contributed by atoms with Gasteiger partial charge in [-0.15, -0.1) is 0 Å². The number of hydrogen-bond donors (Lipinski definition) is 1. The van der Waals surface area contributed by atoms with Crippen LogP contribution in [-0.2, 0) is 4.79 Å². The van der Waals surface area contributed by atoms with Crippen LogP contribution in [0.5, 0.6) is 0 Å². The first-order chi connectivity index (χ1) is 14.4. The third-order valence-corrected chi connectivity index (χ3v) is 5.64. The van der Waals surface area contributed by atoms with E-state index in [9.17, 15) is 18.0 Å². The van der Waals surface area contributed by atoms with E-state index in [-0.39, 0.29) is 21.7 Å². The monoisotopic (exact) mass is 493 g/mol. The highest BCUT2D eigenvalue weighted by molar-refractivity contribution is 9.10. The van der Waals surface area contributed by atoms with Gasteiger partial charge in [-0.25, -0.2) is 27.8 Å². The molecule has 0 spiro atoms. The van der Waals surface area contributed by atoms with Crippen molar-refractivity contribution in [3.8, 4) is 5.69 Å². The van der Waals surface area contributed by atoms with Crippen LogP contribution in [0.1, 0.15) is 0 Å². The number of fused-ring (bicyclic) bond motifs is 1. The number of carbonyl (C=O) groups excluding carboxylic acids is 1. The minimum Gasteiger partial charge on any atom is -0.322 e. The summed E-state index contributed by atoms with van der Waals surface area (Å²) in [5.74, 6) is -2.57. The molecule has 0 atom stereocenters. The molecule has 152 valence electrons. The van der Waals surface area contributed by atoms with Gasteiger partial charge in [-0.05, 0) is 46.3 Å². The van der Waals surface area contributed by atoms with Crippen LogP contribution in [0.15, 0.2) is 58.4 Å². The molecule has 0 aliphatic heterocycles. The van der Waals surface area contributed by atoms with Crippen molar-refractivity contribution in [3.05, 3.63) is 70.8 Å². The number of benzene rings is 2. The van der Waals surface area contributed by atoms with Crippen LogP contribution >= 0.6 is 27.7 Å². The Hall–Kier alpha value is -2.92. The minimum absolute atomic E-state index is 0.0723. The second-order valence-corrected chi connectivity index (χ2v) is 7.85. The molecule has 2 aromatic carbocycles. The van der Waals surface area contributed by atoms with Gasteiger partial charge in [0.1, 0.15) is 23.0 Å². The third kappa shape index (κ3) is 4.17. The molecule has 0 bridgehead atoms. The predicted octanol–water partition coefficient (Wildman–Crippen LogP) is 4.73. The maximum atomic E-state index is 13.9. The summed E-state index contributed by atoms with van der Waals surface area (Å²) in [6.45, 7) is 0. The Labute approximate surface area is 180 Å². The number of hydrogen-bond acceptors (Lipinski definition) is 5. The first-order valence-corrected chi connectivity index (χ1v) is 10.2. The number of aromatic nitrogens is 4. The lowest BCUT2D eigenvalue weighted by Crippen LogP contribution is -2.15. The maximum Gasteiger partial charge on any atom is 0.234 e. The summed E-state index contributed by atoms with van der Waals surface area (Å²) in [5, 5.41) is 7.79. The van der Waals surface area contributed by atoms with Crippen molar-refractivity contribution in [2.24, 2.45) is 0 Å². The van der Waals surface area contributed by atoms with Crippen LogP contribution in [0.25, 0.3) is 16.7 Å². The largest absolute Gasteiger partial charge is 0.322 e. The van der Waals surface area contributed by atoms with Crippen molar-refractivity contribution in [1.82, 2.24) is 19.7 Å². The third-order valence-electron chi connectivity index (χ3n) is 4.01. The molecule has 0 fully saturated rings. The van der Waals surface area contributed by atoms with Gasteiger partial charge in [0.2, 0.25) is 5.91 Å². The van der Waals surface area contributed by atoms with Gasteiger partial charge >= 0.3 is 0 Å². The Balaban J connectivity index is 1.52. The van der Waals surface area contributed by atoms with Crippen LogP contribution in [-0.4, -0.2) is 31.4 Å². The Morgan fingerprint density at radius 2 is 1.87 bits per heavy atom. The Bertz CT molecular complexity index is 1230. The van der Waals surface area contributed by atoms with Crippen LogP contribution in [0.2, 0.25) is 0 Å². The van der Waals surface area contributed by atoms with E-state index in [0.29, 0.717) is 27.8 Å². The van der Waals surface area contributed by atoms with Gasteiger partial charge in [-0.3, -0.25) is 4.79 Å². The molecule has 0 aliphatic rings. The number of amides is 1. The number of carbonyl (C=O) groups is 1. The second-order valence-electron chi connectivity index (χ2n) is 6.03. The molecule has 4 rings (SSSR count). The van der Waals surface area contributed by atoms with Crippen molar-refractivity contribution in [3.63, 3.8) is 0 Å². The van der Waals surface area contributed by atoms with E-state index in [4.69, 9.17) is 0 Å². The molecule has 0 unspecified atom stereocenters. The minimum atomic E-state index is -0.884. The van der Waals surface area contributed by atoms with E-state index in [0.717, 1.165) is 17.8 Å². The zero-order chi connectivity index (χ0) is 21.3.